The molecule has 0 N–H and O–H groups in total. The van der Waals surface area contributed by atoms with E-state index in [9.17, 15) is 0 Å². The summed E-state index contributed by atoms with van der Waals surface area (Å²) in [5.74, 6) is 2.69. The maximum Gasteiger partial charge on any atom is 0.252 e. The molecular weight excluding hydrogens is 567 g/mol. The Kier molecular flexibility index (Phi) is 5.86. The van der Waals surface area contributed by atoms with E-state index in [0.29, 0.717) is 0 Å². The molecule has 3 heteroatoms. The van der Waals surface area contributed by atoms with Crippen LogP contribution in [0.5, 0.6) is 0 Å². The van der Waals surface area contributed by atoms with Gasteiger partial charge in [-0.15, -0.1) is 0 Å². The quantitative estimate of drug-likeness (QED) is 0.184. The first-order valence-electron chi connectivity index (χ1n) is 18.0. The highest BCUT2D eigenvalue weighted by atomic mass is 15.2. The van der Waals surface area contributed by atoms with Gasteiger partial charge in [0.2, 0.25) is 0 Å². The Morgan fingerprint density at radius 1 is 0.532 bits per heavy atom. The van der Waals surface area contributed by atoms with Crippen LogP contribution in [0.15, 0.2) is 97.1 Å². The van der Waals surface area contributed by atoms with Crippen molar-refractivity contribution in [2.75, 3.05) is 9.80 Å². The number of fused-ring (bicyclic) bond motifs is 4. The predicted octanol–water partition coefficient (Wildman–Crippen LogP) is 9.47. The molecule has 4 aliphatic carbocycles. The van der Waals surface area contributed by atoms with Crippen LogP contribution in [0.4, 0.5) is 34.1 Å². The Morgan fingerprint density at radius 3 is 1.68 bits per heavy atom. The van der Waals surface area contributed by atoms with E-state index in [1.54, 1.807) is 5.56 Å². The molecule has 11 rings (SSSR count). The first kappa shape index (κ1) is 27.8. The lowest BCUT2D eigenvalue weighted by Crippen LogP contribution is -2.61. The van der Waals surface area contributed by atoms with Crippen LogP contribution in [-0.2, 0) is 5.41 Å². The molecule has 2 heterocycles. The average molecular weight is 611 g/mol. The van der Waals surface area contributed by atoms with Gasteiger partial charge in [-0.1, -0.05) is 65.7 Å². The van der Waals surface area contributed by atoms with Crippen molar-refractivity contribution in [3.05, 3.63) is 125 Å². The zero-order valence-corrected chi connectivity index (χ0v) is 28.2. The van der Waals surface area contributed by atoms with E-state index < -0.39 is 0 Å². The van der Waals surface area contributed by atoms with Crippen LogP contribution in [-0.4, -0.2) is 6.71 Å². The summed E-state index contributed by atoms with van der Waals surface area (Å²) in [5.41, 5.74) is 19.4. The predicted molar refractivity (Wildman–Crippen MR) is 199 cm³/mol. The summed E-state index contributed by atoms with van der Waals surface area (Å²) in [6, 6.07) is 37.9. The lowest BCUT2D eigenvalue weighted by atomic mass is 9.33. The van der Waals surface area contributed by atoms with Gasteiger partial charge < -0.3 is 9.80 Å². The molecule has 47 heavy (non-hydrogen) atoms. The summed E-state index contributed by atoms with van der Waals surface area (Å²) in [6.07, 6.45) is 8.47. The van der Waals surface area contributed by atoms with Crippen molar-refractivity contribution in [2.45, 2.75) is 71.6 Å². The van der Waals surface area contributed by atoms with Gasteiger partial charge in [-0.25, -0.2) is 0 Å². The molecule has 4 bridgehead atoms. The van der Waals surface area contributed by atoms with Gasteiger partial charge in [0.15, 0.2) is 0 Å². The monoisotopic (exact) mass is 610 g/mol. The molecule has 0 radical (unpaired) electrons. The second kappa shape index (κ2) is 9.89. The topological polar surface area (TPSA) is 6.48 Å². The molecule has 232 valence electrons. The fourth-order valence-electron chi connectivity index (χ4n) is 11.1. The summed E-state index contributed by atoms with van der Waals surface area (Å²) in [4.78, 5) is 5.26. The van der Waals surface area contributed by atoms with Crippen molar-refractivity contribution in [3.63, 3.8) is 0 Å². The van der Waals surface area contributed by atoms with Crippen molar-refractivity contribution < 1.29 is 0 Å². The highest BCUT2D eigenvalue weighted by molar-refractivity contribution is 7.00. The van der Waals surface area contributed by atoms with Crippen molar-refractivity contribution in [1.29, 1.82) is 0 Å². The largest absolute Gasteiger partial charge is 0.311 e. The first-order valence-corrected chi connectivity index (χ1v) is 18.0. The van der Waals surface area contributed by atoms with Crippen LogP contribution < -0.4 is 26.2 Å². The minimum atomic E-state index is 0.177. The van der Waals surface area contributed by atoms with E-state index in [-0.39, 0.29) is 12.1 Å². The fraction of sp³-hybridized carbons (Fsp3) is 0.318. The van der Waals surface area contributed by atoms with Gasteiger partial charge in [-0.3, -0.25) is 0 Å². The van der Waals surface area contributed by atoms with Crippen LogP contribution in [0.1, 0.15) is 66.3 Å². The van der Waals surface area contributed by atoms with Gasteiger partial charge in [0.1, 0.15) is 0 Å². The number of nitrogens with zero attached hydrogens (tertiary/aromatic N) is 2. The number of benzene rings is 5. The van der Waals surface area contributed by atoms with Gasteiger partial charge in [0.25, 0.3) is 6.71 Å². The normalized spacial score (nSPS) is 24.7. The number of rotatable bonds is 3. The molecule has 5 aromatic rings. The van der Waals surface area contributed by atoms with E-state index in [1.807, 2.05) is 0 Å². The zero-order valence-electron chi connectivity index (χ0n) is 28.2. The highest BCUT2D eigenvalue weighted by Gasteiger charge is 2.53. The number of hydrogen-bond acceptors (Lipinski definition) is 2. The second-order valence-corrected chi connectivity index (χ2v) is 16.0. The minimum Gasteiger partial charge on any atom is -0.311 e. The molecule has 0 aromatic heterocycles. The molecule has 0 saturated heterocycles. The van der Waals surface area contributed by atoms with E-state index in [1.165, 1.54) is 111 Å². The molecule has 6 aliphatic rings. The lowest BCUT2D eigenvalue weighted by Gasteiger charge is -2.57. The Labute approximate surface area is 280 Å². The van der Waals surface area contributed by atoms with Gasteiger partial charge >= 0.3 is 0 Å². The molecule has 0 unspecified atom stereocenters. The van der Waals surface area contributed by atoms with Crippen molar-refractivity contribution in [2.24, 2.45) is 17.8 Å². The third kappa shape index (κ3) is 4.05. The standard InChI is InChI=1S/C44H43BN2/c1-27-11-14-38-36(16-27)45-37-17-28(2)12-15-39(37)47(40-18-29(3)10-13-30(40)4)42-23-34(44-24-31-19-32(25-44)21-33(20-31)26-44)22-41(43(42)45)46(38)35-8-6-5-7-9-35/h5-18,22-23,31-33H,19-21,24-26H2,1-4H3. The fourth-order valence-corrected chi connectivity index (χ4v) is 11.1. The van der Waals surface area contributed by atoms with Crippen LogP contribution in [0.25, 0.3) is 0 Å². The van der Waals surface area contributed by atoms with Crippen LogP contribution in [0.3, 0.4) is 0 Å². The average Bonchev–Trinajstić information content (AvgIpc) is 3.05. The molecule has 2 nitrogen and oxygen atoms in total. The van der Waals surface area contributed by atoms with Gasteiger partial charge in [0, 0.05) is 34.1 Å². The molecule has 4 fully saturated rings. The first-order chi connectivity index (χ1) is 22.8. The summed E-state index contributed by atoms with van der Waals surface area (Å²) in [6.45, 7) is 9.21. The lowest BCUT2D eigenvalue weighted by molar-refractivity contribution is -0.00514. The number of para-hydroxylation sites is 1. The Balaban J connectivity index is 1.33. The summed E-state index contributed by atoms with van der Waals surface area (Å²) in [7, 11) is 0. The molecule has 0 spiro atoms. The maximum absolute atomic E-state index is 2.69. The SMILES string of the molecule is Cc1ccc2c(c1)B1c3cc(C)ccc3N(c3cc(C)ccc3C)c3cc(C45CC6CC(CC(C6)C4)C5)cc(c31)N2c1ccccc1. The molecule has 2 aliphatic heterocycles. The van der Waals surface area contributed by atoms with Crippen molar-refractivity contribution in [3.8, 4) is 0 Å². The number of anilines is 6. The Morgan fingerprint density at radius 2 is 1.06 bits per heavy atom. The van der Waals surface area contributed by atoms with Gasteiger partial charge in [-0.2, -0.15) is 0 Å². The Hall–Kier alpha value is -4.24. The van der Waals surface area contributed by atoms with Crippen LogP contribution in [0, 0.1) is 45.4 Å². The Bertz CT molecular complexity index is 2060. The molecule has 0 atom stereocenters. The third-order valence-corrected chi connectivity index (χ3v) is 12.6. The van der Waals surface area contributed by atoms with E-state index in [0.717, 1.165) is 17.8 Å². The molecule has 4 saturated carbocycles. The van der Waals surface area contributed by atoms with Gasteiger partial charge in [0.05, 0.1) is 0 Å². The summed E-state index contributed by atoms with van der Waals surface area (Å²) >= 11 is 0. The second-order valence-electron chi connectivity index (χ2n) is 16.0. The van der Waals surface area contributed by atoms with E-state index in [2.05, 4.69) is 135 Å². The maximum atomic E-state index is 2.69. The minimum absolute atomic E-state index is 0.177. The third-order valence-electron chi connectivity index (χ3n) is 12.6. The number of aryl methyl sites for hydroxylation is 4. The smallest absolute Gasteiger partial charge is 0.252 e. The molecule has 5 aromatic carbocycles. The van der Waals surface area contributed by atoms with Gasteiger partial charge in [-0.05, 0) is 165 Å². The zero-order chi connectivity index (χ0) is 31.6. The highest BCUT2D eigenvalue weighted by Crippen LogP contribution is 2.61. The van der Waals surface area contributed by atoms with Crippen LogP contribution in [0.2, 0.25) is 0 Å². The van der Waals surface area contributed by atoms with Crippen LogP contribution >= 0.6 is 0 Å². The number of hydrogen-bond donors (Lipinski definition) is 0. The summed E-state index contributed by atoms with van der Waals surface area (Å²) in [5, 5.41) is 0. The molecular formula is C44H43BN2. The van der Waals surface area contributed by atoms with Crippen molar-refractivity contribution >= 4 is 57.2 Å². The molecule has 0 amide bonds. The van der Waals surface area contributed by atoms with E-state index in [4.69, 9.17) is 0 Å². The van der Waals surface area contributed by atoms with Crippen molar-refractivity contribution in [1.82, 2.24) is 0 Å². The summed E-state index contributed by atoms with van der Waals surface area (Å²) < 4.78 is 0. The van der Waals surface area contributed by atoms with E-state index >= 15 is 0 Å².